The Kier molecular flexibility index (Phi) is 6.65. The normalized spacial score (nSPS) is 21.3. The molecular weight excluding hydrogens is 439 g/mol. The lowest BCUT2D eigenvalue weighted by molar-refractivity contribution is -0.120. The van der Waals surface area contributed by atoms with Gasteiger partial charge in [-0.05, 0) is 23.8 Å². The first-order valence-corrected chi connectivity index (χ1v) is 11.0. The summed E-state index contributed by atoms with van der Waals surface area (Å²) in [6.07, 6.45) is 1.57. The summed E-state index contributed by atoms with van der Waals surface area (Å²) in [6.45, 7) is 3.54. The summed E-state index contributed by atoms with van der Waals surface area (Å²) in [5, 5.41) is 3.90. The molecule has 1 aromatic heterocycles. The van der Waals surface area contributed by atoms with Gasteiger partial charge in [-0.15, -0.1) is 0 Å². The zero-order chi connectivity index (χ0) is 22.0. The summed E-state index contributed by atoms with van der Waals surface area (Å²) in [6, 6.07) is 9.03. The van der Waals surface area contributed by atoms with Gasteiger partial charge >= 0.3 is 0 Å². The molecule has 1 unspecified atom stereocenters. The Balaban J connectivity index is 1.39. The van der Waals surface area contributed by atoms with Gasteiger partial charge in [-0.3, -0.25) is 9.59 Å². The molecule has 7 nitrogen and oxygen atoms in total. The monoisotopic (exact) mass is 462 g/mol. The molecule has 4 rings (SSSR count). The number of carbonyl (C=O) groups excluding carboxylic acids is 2. The molecule has 31 heavy (non-hydrogen) atoms. The number of anilines is 1. The fourth-order valence-corrected chi connectivity index (χ4v) is 4.74. The number of hydrogen-bond acceptors (Lipinski definition) is 5. The Morgan fingerprint density at radius 3 is 2.55 bits per heavy atom. The lowest BCUT2D eigenvalue weighted by Crippen LogP contribution is -2.49. The van der Waals surface area contributed by atoms with Crippen LogP contribution in [0.4, 0.5) is 5.82 Å². The third-order valence-electron chi connectivity index (χ3n) is 5.84. The van der Waals surface area contributed by atoms with E-state index in [1.807, 2.05) is 17.0 Å². The zero-order valence-corrected chi connectivity index (χ0v) is 18.7. The predicted molar refractivity (Wildman–Crippen MR) is 120 cm³/mol. The van der Waals surface area contributed by atoms with E-state index in [0.717, 1.165) is 5.56 Å². The number of benzene rings is 1. The molecular formula is C22H24Cl2N4O3. The Labute approximate surface area is 191 Å². The number of nitrogens with one attached hydrogen (secondary N) is 1. The van der Waals surface area contributed by atoms with Crippen molar-refractivity contribution < 1.29 is 14.3 Å². The maximum absolute atomic E-state index is 13.0. The summed E-state index contributed by atoms with van der Waals surface area (Å²) < 4.78 is 5.24. The average molecular weight is 463 g/mol. The SMILES string of the molecule is COCC1CNC(=O)[C@H]1c1ccc(C(=O)N2CCN(c3ncc(Cl)cc3Cl)CC2)cc1. The van der Waals surface area contributed by atoms with Crippen molar-refractivity contribution in [2.24, 2.45) is 5.92 Å². The van der Waals surface area contributed by atoms with E-state index in [9.17, 15) is 9.59 Å². The van der Waals surface area contributed by atoms with E-state index in [-0.39, 0.29) is 23.7 Å². The van der Waals surface area contributed by atoms with E-state index < -0.39 is 0 Å². The van der Waals surface area contributed by atoms with Crippen LogP contribution < -0.4 is 10.2 Å². The number of nitrogens with zero attached hydrogens (tertiary/aromatic N) is 3. The lowest BCUT2D eigenvalue weighted by Gasteiger charge is -2.35. The van der Waals surface area contributed by atoms with Crippen molar-refractivity contribution in [3.05, 3.63) is 57.7 Å². The van der Waals surface area contributed by atoms with Gasteiger partial charge in [0, 0.05) is 57.5 Å². The Morgan fingerprint density at radius 2 is 1.90 bits per heavy atom. The summed E-state index contributed by atoms with van der Waals surface area (Å²) >= 11 is 12.2. The number of pyridine rings is 1. The first-order chi connectivity index (χ1) is 15.0. The molecule has 0 bridgehead atoms. The number of ether oxygens (including phenoxy) is 1. The Morgan fingerprint density at radius 1 is 1.19 bits per heavy atom. The molecule has 0 radical (unpaired) electrons. The second kappa shape index (κ2) is 9.42. The van der Waals surface area contributed by atoms with E-state index in [4.69, 9.17) is 27.9 Å². The highest BCUT2D eigenvalue weighted by atomic mass is 35.5. The van der Waals surface area contributed by atoms with Crippen molar-refractivity contribution in [2.45, 2.75) is 5.92 Å². The number of rotatable bonds is 5. The molecule has 2 saturated heterocycles. The smallest absolute Gasteiger partial charge is 0.253 e. The molecule has 164 valence electrons. The van der Waals surface area contributed by atoms with Crippen molar-refractivity contribution in [1.82, 2.24) is 15.2 Å². The highest BCUT2D eigenvalue weighted by Crippen LogP contribution is 2.30. The van der Waals surface area contributed by atoms with Crippen molar-refractivity contribution >= 4 is 40.8 Å². The Hall–Kier alpha value is -2.35. The van der Waals surface area contributed by atoms with E-state index in [2.05, 4.69) is 15.2 Å². The summed E-state index contributed by atoms with van der Waals surface area (Å²) in [5.74, 6) is 0.519. The number of piperazine rings is 1. The van der Waals surface area contributed by atoms with Crippen LogP contribution in [0.15, 0.2) is 36.5 Å². The molecule has 2 aliphatic rings. The standard InChI is InChI=1S/C22H24Cl2N4O3/c1-31-13-16-11-26-21(29)19(16)14-2-4-15(5-3-14)22(30)28-8-6-27(7-9-28)20-18(24)10-17(23)12-25-20/h2-5,10,12,16,19H,6-9,11,13H2,1H3,(H,26,29)/t16?,19-/m0/s1. The molecule has 2 aromatic rings. The van der Waals surface area contributed by atoms with Gasteiger partial charge in [-0.2, -0.15) is 0 Å². The highest BCUT2D eigenvalue weighted by Gasteiger charge is 2.36. The van der Waals surface area contributed by atoms with Crippen molar-refractivity contribution in [1.29, 1.82) is 0 Å². The summed E-state index contributed by atoms with van der Waals surface area (Å²) in [7, 11) is 1.64. The van der Waals surface area contributed by atoms with Gasteiger partial charge in [0.25, 0.3) is 5.91 Å². The molecule has 2 amide bonds. The molecule has 3 heterocycles. The van der Waals surface area contributed by atoms with Crippen molar-refractivity contribution in [3.8, 4) is 0 Å². The quantitative estimate of drug-likeness (QED) is 0.739. The molecule has 0 saturated carbocycles. The maximum Gasteiger partial charge on any atom is 0.253 e. The third-order valence-corrected chi connectivity index (χ3v) is 6.33. The van der Waals surface area contributed by atoms with Gasteiger partial charge in [-0.25, -0.2) is 4.98 Å². The van der Waals surface area contributed by atoms with Gasteiger partial charge in [0.1, 0.15) is 5.82 Å². The molecule has 1 N–H and O–H groups in total. The molecule has 2 atom stereocenters. The minimum atomic E-state index is -0.246. The minimum Gasteiger partial charge on any atom is -0.384 e. The van der Waals surface area contributed by atoms with Crippen LogP contribution in [0.2, 0.25) is 10.0 Å². The van der Waals surface area contributed by atoms with E-state index in [1.165, 1.54) is 0 Å². The van der Waals surface area contributed by atoms with Gasteiger partial charge in [-0.1, -0.05) is 35.3 Å². The van der Waals surface area contributed by atoms with Crippen LogP contribution in [0.5, 0.6) is 0 Å². The van der Waals surface area contributed by atoms with Crippen LogP contribution in [-0.4, -0.2) is 68.1 Å². The number of methoxy groups -OCH3 is 1. The van der Waals surface area contributed by atoms with Gasteiger partial charge in [0.2, 0.25) is 5.91 Å². The highest BCUT2D eigenvalue weighted by molar-refractivity contribution is 6.36. The van der Waals surface area contributed by atoms with Gasteiger partial charge in [0.05, 0.1) is 22.6 Å². The number of carbonyl (C=O) groups is 2. The number of hydrogen-bond donors (Lipinski definition) is 1. The maximum atomic E-state index is 13.0. The predicted octanol–water partition coefficient (Wildman–Crippen LogP) is 2.83. The minimum absolute atomic E-state index is 0.00622. The van der Waals surface area contributed by atoms with Crippen LogP contribution in [0.3, 0.4) is 0 Å². The van der Waals surface area contributed by atoms with E-state index in [0.29, 0.717) is 60.8 Å². The molecule has 2 fully saturated rings. The summed E-state index contributed by atoms with van der Waals surface area (Å²) in [4.78, 5) is 33.4. The second-order valence-electron chi connectivity index (χ2n) is 7.80. The summed E-state index contributed by atoms with van der Waals surface area (Å²) in [5.41, 5.74) is 1.52. The van der Waals surface area contributed by atoms with Crippen LogP contribution in [0, 0.1) is 5.92 Å². The Bertz CT molecular complexity index is 962. The van der Waals surface area contributed by atoms with E-state index >= 15 is 0 Å². The van der Waals surface area contributed by atoms with Crippen LogP contribution >= 0.6 is 23.2 Å². The lowest BCUT2D eigenvalue weighted by atomic mass is 9.88. The molecule has 9 heteroatoms. The van der Waals surface area contributed by atoms with Crippen molar-refractivity contribution in [3.63, 3.8) is 0 Å². The number of amides is 2. The molecule has 0 spiro atoms. The van der Waals surface area contributed by atoms with Gasteiger partial charge in [0.15, 0.2) is 0 Å². The first-order valence-electron chi connectivity index (χ1n) is 10.2. The van der Waals surface area contributed by atoms with E-state index in [1.54, 1.807) is 31.5 Å². The third kappa shape index (κ3) is 4.63. The topological polar surface area (TPSA) is 74.8 Å². The number of aromatic nitrogens is 1. The second-order valence-corrected chi connectivity index (χ2v) is 8.64. The van der Waals surface area contributed by atoms with Crippen LogP contribution in [-0.2, 0) is 9.53 Å². The fraction of sp³-hybridized carbons (Fsp3) is 0.409. The molecule has 1 aromatic carbocycles. The molecule has 0 aliphatic carbocycles. The largest absolute Gasteiger partial charge is 0.384 e. The van der Waals surface area contributed by atoms with Crippen LogP contribution in [0.25, 0.3) is 0 Å². The van der Waals surface area contributed by atoms with Crippen molar-refractivity contribution in [2.75, 3.05) is 51.3 Å². The van der Waals surface area contributed by atoms with Crippen LogP contribution in [0.1, 0.15) is 21.8 Å². The zero-order valence-electron chi connectivity index (χ0n) is 17.2. The number of halogens is 2. The fourth-order valence-electron chi connectivity index (χ4n) is 4.24. The average Bonchev–Trinajstić information content (AvgIpc) is 3.14. The first kappa shape index (κ1) is 21.9. The van der Waals surface area contributed by atoms with Gasteiger partial charge < -0.3 is 19.9 Å². The molecule has 2 aliphatic heterocycles.